The van der Waals surface area contributed by atoms with E-state index >= 15 is 0 Å². The summed E-state index contributed by atoms with van der Waals surface area (Å²) in [5, 5.41) is 0. The number of unbranched alkanes of at least 4 members (excludes halogenated alkanes) is 1. The summed E-state index contributed by atoms with van der Waals surface area (Å²) in [6.07, 6.45) is 1.77. The summed E-state index contributed by atoms with van der Waals surface area (Å²) in [6, 6.07) is 15.3. The molecule has 0 spiro atoms. The first-order valence-electron chi connectivity index (χ1n) is 10.6. The van der Waals surface area contributed by atoms with Gasteiger partial charge < -0.3 is 9.30 Å². The number of fused-ring (bicyclic) bond motifs is 3. The molecule has 0 saturated heterocycles. The molecule has 30 heavy (non-hydrogen) atoms. The van der Waals surface area contributed by atoms with E-state index < -0.39 is 17.9 Å². The minimum Gasteiger partial charge on any atom is -0.465 e. The molecule has 3 aromatic rings. The van der Waals surface area contributed by atoms with Gasteiger partial charge in [-0.3, -0.25) is 14.5 Å². The van der Waals surface area contributed by atoms with Crippen LogP contribution in [0.2, 0.25) is 0 Å². The van der Waals surface area contributed by atoms with Gasteiger partial charge in [0, 0.05) is 6.54 Å². The molecule has 2 heterocycles. The van der Waals surface area contributed by atoms with Crippen molar-refractivity contribution in [2.45, 2.75) is 39.7 Å². The van der Waals surface area contributed by atoms with Gasteiger partial charge in [-0.05, 0) is 38.0 Å². The quantitative estimate of drug-likeness (QED) is 0.454. The number of nitrogens with zero attached hydrogens (tertiary/aromatic N) is 3. The van der Waals surface area contributed by atoms with Crippen molar-refractivity contribution in [2.24, 2.45) is 5.92 Å². The molecule has 1 aliphatic heterocycles. The highest BCUT2D eigenvalue weighted by Crippen LogP contribution is 2.41. The monoisotopic (exact) mass is 405 g/mol. The highest BCUT2D eigenvalue weighted by molar-refractivity contribution is 6.08. The zero-order chi connectivity index (χ0) is 21.3. The van der Waals surface area contributed by atoms with Crippen LogP contribution in [-0.2, 0) is 14.3 Å². The molecule has 0 fully saturated rings. The number of para-hydroxylation sites is 2. The first-order chi connectivity index (χ1) is 14.6. The van der Waals surface area contributed by atoms with Crippen LogP contribution in [0, 0.1) is 12.8 Å². The molecule has 0 unspecified atom stereocenters. The van der Waals surface area contributed by atoms with Crippen LogP contribution in [0.5, 0.6) is 0 Å². The molecule has 156 valence electrons. The summed E-state index contributed by atoms with van der Waals surface area (Å²) in [7, 11) is 0. The Hall–Kier alpha value is -3.15. The Bertz CT molecular complexity index is 1070. The lowest BCUT2D eigenvalue weighted by Crippen LogP contribution is -2.50. The van der Waals surface area contributed by atoms with E-state index in [1.165, 1.54) is 0 Å². The predicted molar refractivity (Wildman–Crippen MR) is 116 cm³/mol. The third kappa shape index (κ3) is 3.36. The molecule has 0 bridgehead atoms. The van der Waals surface area contributed by atoms with Gasteiger partial charge in [0.1, 0.15) is 0 Å². The molecule has 0 saturated carbocycles. The number of hydrogen-bond donors (Lipinski definition) is 0. The standard InChI is InChI=1S/C24H27N3O3/c1-4-6-15-26-22(28)20(23(29)30-5-2)21(17-13-11-16(3)12-14-17)27-19-10-8-7-9-18(19)25-24(26)27/h7-14,20-21H,4-6,15H2,1-3H3/t20-,21+/m0/s1. The topological polar surface area (TPSA) is 64.4 Å². The smallest absolute Gasteiger partial charge is 0.321 e. The zero-order valence-corrected chi connectivity index (χ0v) is 17.7. The molecule has 0 aliphatic carbocycles. The maximum atomic E-state index is 13.6. The minimum atomic E-state index is -0.949. The third-order valence-electron chi connectivity index (χ3n) is 5.64. The summed E-state index contributed by atoms with van der Waals surface area (Å²) in [4.78, 5) is 33.1. The van der Waals surface area contributed by atoms with Crippen molar-refractivity contribution in [2.75, 3.05) is 18.1 Å². The van der Waals surface area contributed by atoms with Gasteiger partial charge >= 0.3 is 5.97 Å². The van der Waals surface area contributed by atoms with Crippen LogP contribution in [0.15, 0.2) is 48.5 Å². The van der Waals surface area contributed by atoms with Gasteiger partial charge in [0.2, 0.25) is 11.9 Å². The lowest BCUT2D eigenvalue weighted by molar-refractivity contribution is -0.153. The number of carbonyl (C=O) groups excluding carboxylic acids is 2. The number of ether oxygens (including phenoxy) is 1. The largest absolute Gasteiger partial charge is 0.465 e. The summed E-state index contributed by atoms with van der Waals surface area (Å²) >= 11 is 0. The fourth-order valence-electron chi connectivity index (χ4n) is 4.14. The third-order valence-corrected chi connectivity index (χ3v) is 5.64. The van der Waals surface area contributed by atoms with E-state index in [9.17, 15) is 9.59 Å². The second-order valence-electron chi connectivity index (χ2n) is 7.70. The molecular weight excluding hydrogens is 378 g/mol. The van der Waals surface area contributed by atoms with Crippen LogP contribution in [0.1, 0.15) is 43.9 Å². The fraction of sp³-hybridized carbons (Fsp3) is 0.375. The second-order valence-corrected chi connectivity index (χ2v) is 7.70. The molecule has 1 aliphatic rings. The van der Waals surface area contributed by atoms with Gasteiger partial charge in [0.25, 0.3) is 0 Å². The maximum absolute atomic E-state index is 13.6. The van der Waals surface area contributed by atoms with Crippen LogP contribution in [0.25, 0.3) is 11.0 Å². The minimum absolute atomic E-state index is 0.232. The van der Waals surface area contributed by atoms with Crippen molar-refractivity contribution < 1.29 is 14.3 Å². The van der Waals surface area contributed by atoms with Crippen molar-refractivity contribution in [3.05, 3.63) is 59.7 Å². The molecule has 2 aromatic carbocycles. The van der Waals surface area contributed by atoms with E-state index in [-0.39, 0.29) is 12.5 Å². The Morgan fingerprint density at radius 1 is 1.10 bits per heavy atom. The van der Waals surface area contributed by atoms with Gasteiger partial charge in [0.05, 0.1) is 23.7 Å². The molecule has 1 amide bonds. The Balaban J connectivity index is 1.97. The van der Waals surface area contributed by atoms with Crippen LogP contribution in [0.3, 0.4) is 0 Å². The van der Waals surface area contributed by atoms with E-state index in [1.807, 2.05) is 60.0 Å². The fourth-order valence-corrected chi connectivity index (χ4v) is 4.14. The van der Waals surface area contributed by atoms with Crippen molar-refractivity contribution >= 4 is 28.9 Å². The molecule has 6 nitrogen and oxygen atoms in total. The number of amides is 1. The average molecular weight is 405 g/mol. The van der Waals surface area contributed by atoms with Crippen molar-refractivity contribution in [3.8, 4) is 0 Å². The lowest BCUT2D eigenvalue weighted by Gasteiger charge is -2.38. The second kappa shape index (κ2) is 8.30. The molecule has 1 aromatic heterocycles. The van der Waals surface area contributed by atoms with Crippen LogP contribution >= 0.6 is 0 Å². The van der Waals surface area contributed by atoms with E-state index in [0.717, 1.165) is 35.0 Å². The summed E-state index contributed by atoms with van der Waals surface area (Å²) in [6.45, 7) is 6.61. The van der Waals surface area contributed by atoms with Gasteiger partial charge in [-0.2, -0.15) is 0 Å². The molecular formula is C24H27N3O3. The maximum Gasteiger partial charge on any atom is 0.321 e. The Labute approximate surface area is 176 Å². The van der Waals surface area contributed by atoms with Crippen LogP contribution in [0.4, 0.5) is 5.95 Å². The first kappa shape index (κ1) is 20.1. The Kier molecular flexibility index (Phi) is 5.57. The summed E-state index contributed by atoms with van der Waals surface area (Å²) < 4.78 is 7.40. The summed E-state index contributed by atoms with van der Waals surface area (Å²) in [5.74, 6) is -1.08. The predicted octanol–water partition coefficient (Wildman–Crippen LogP) is 4.26. The molecule has 0 radical (unpaired) electrons. The van der Waals surface area contributed by atoms with E-state index in [4.69, 9.17) is 9.72 Å². The molecule has 6 heteroatoms. The molecule has 2 atom stereocenters. The van der Waals surface area contributed by atoms with E-state index in [2.05, 4.69) is 6.92 Å². The van der Waals surface area contributed by atoms with Gasteiger partial charge in [-0.25, -0.2) is 4.98 Å². The number of anilines is 1. The molecule has 0 N–H and O–H groups in total. The Morgan fingerprint density at radius 2 is 1.83 bits per heavy atom. The van der Waals surface area contributed by atoms with E-state index in [0.29, 0.717) is 12.5 Å². The number of esters is 1. The number of carbonyl (C=O) groups is 2. The van der Waals surface area contributed by atoms with Crippen molar-refractivity contribution in [3.63, 3.8) is 0 Å². The average Bonchev–Trinajstić information content (AvgIpc) is 3.12. The number of benzene rings is 2. The molecule has 4 rings (SSSR count). The first-order valence-corrected chi connectivity index (χ1v) is 10.6. The van der Waals surface area contributed by atoms with Crippen molar-refractivity contribution in [1.82, 2.24) is 9.55 Å². The van der Waals surface area contributed by atoms with Gasteiger partial charge in [-0.1, -0.05) is 55.3 Å². The number of aryl methyl sites for hydroxylation is 1. The summed E-state index contributed by atoms with van der Waals surface area (Å²) in [5.41, 5.74) is 3.73. The highest BCUT2D eigenvalue weighted by atomic mass is 16.5. The number of rotatable bonds is 6. The lowest BCUT2D eigenvalue weighted by atomic mass is 9.89. The SMILES string of the molecule is CCCCN1C(=O)[C@@H](C(=O)OCC)[C@@H](c2ccc(C)cc2)n2c1nc1ccccc12. The van der Waals surface area contributed by atoms with Crippen molar-refractivity contribution in [1.29, 1.82) is 0 Å². The van der Waals surface area contributed by atoms with Crippen LogP contribution < -0.4 is 4.90 Å². The van der Waals surface area contributed by atoms with Gasteiger partial charge in [-0.15, -0.1) is 0 Å². The van der Waals surface area contributed by atoms with E-state index in [1.54, 1.807) is 11.8 Å². The number of aromatic nitrogens is 2. The number of hydrogen-bond acceptors (Lipinski definition) is 4. The highest BCUT2D eigenvalue weighted by Gasteiger charge is 2.47. The number of imidazole rings is 1. The van der Waals surface area contributed by atoms with Gasteiger partial charge in [0.15, 0.2) is 5.92 Å². The normalized spacial score (nSPS) is 18.5. The zero-order valence-electron chi connectivity index (χ0n) is 17.7. The Morgan fingerprint density at radius 3 is 2.53 bits per heavy atom. The van der Waals surface area contributed by atoms with Crippen LogP contribution in [-0.4, -0.2) is 34.6 Å².